The third kappa shape index (κ3) is 0.947. The van der Waals surface area contributed by atoms with E-state index in [0.717, 1.165) is 0 Å². The molecule has 1 fully saturated rings. The monoisotopic (exact) mass is 181 g/mol. The van der Waals surface area contributed by atoms with Crippen LogP contribution in [0, 0.1) is 0 Å². The minimum absolute atomic E-state index is 0.331. The van der Waals surface area contributed by atoms with Crippen molar-refractivity contribution in [2.24, 2.45) is 4.99 Å². The van der Waals surface area contributed by atoms with Gasteiger partial charge in [-0.25, -0.2) is 4.79 Å². The van der Waals surface area contributed by atoms with Gasteiger partial charge in [-0.2, -0.15) is 0 Å². The second-order valence-electron chi connectivity index (χ2n) is 2.95. The van der Waals surface area contributed by atoms with Crippen LogP contribution in [0.15, 0.2) is 4.99 Å². The molecule has 0 unspecified atom stereocenters. The lowest BCUT2D eigenvalue weighted by Crippen LogP contribution is -2.64. The van der Waals surface area contributed by atoms with Gasteiger partial charge in [0.05, 0.1) is 0 Å². The number of aliphatic imine (C=N–C) groups is 1. The lowest BCUT2D eigenvalue weighted by atomic mass is 9.93. The molecule has 2 heterocycles. The van der Waals surface area contributed by atoms with Crippen molar-refractivity contribution in [2.75, 3.05) is 0 Å². The number of amides is 4. The molecule has 6 nitrogen and oxygen atoms in total. The first kappa shape index (κ1) is 7.90. The normalized spacial score (nSPS) is 24.8. The van der Waals surface area contributed by atoms with Gasteiger partial charge in [0.1, 0.15) is 0 Å². The highest BCUT2D eigenvalue weighted by atomic mass is 16.2. The van der Waals surface area contributed by atoms with E-state index >= 15 is 0 Å². The van der Waals surface area contributed by atoms with Crippen molar-refractivity contribution < 1.29 is 14.4 Å². The topological polar surface area (TPSA) is 87.6 Å². The lowest BCUT2D eigenvalue weighted by Gasteiger charge is -2.27. The standard InChI is InChI=1S/C7H7N3O3/c11-4-7(2-1-3-8-7)5(12)10-6(13)9-4/h3H,1-2H2,(H2,9,10,11,12,13). The number of hydrogen-bond donors (Lipinski definition) is 2. The predicted molar refractivity (Wildman–Crippen MR) is 42.1 cm³/mol. The number of rotatable bonds is 0. The zero-order chi connectivity index (χ0) is 9.47. The SMILES string of the molecule is O=C1NC(=O)C2(CCC=N2)C(=O)N1. The van der Waals surface area contributed by atoms with Crippen LogP contribution >= 0.6 is 0 Å². The molecule has 0 aromatic heterocycles. The van der Waals surface area contributed by atoms with Crippen molar-refractivity contribution in [1.82, 2.24) is 10.6 Å². The molecule has 2 aliphatic heterocycles. The Morgan fingerprint density at radius 3 is 2.31 bits per heavy atom. The Kier molecular flexibility index (Phi) is 1.45. The largest absolute Gasteiger partial charge is 0.328 e. The summed E-state index contributed by atoms with van der Waals surface area (Å²) in [7, 11) is 0. The van der Waals surface area contributed by atoms with Crippen molar-refractivity contribution in [3.8, 4) is 0 Å². The quantitative estimate of drug-likeness (QED) is 0.468. The zero-order valence-corrected chi connectivity index (χ0v) is 6.66. The minimum atomic E-state index is -1.38. The van der Waals surface area contributed by atoms with Crippen LogP contribution in [0.3, 0.4) is 0 Å². The Morgan fingerprint density at radius 2 is 1.85 bits per heavy atom. The maximum absolute atomic E-state index is 11.3. The van der Waals surface area contributed by atoms with E-state index in [0.29, 0.717) is 12.8 Å². The Balaban J connectivity index is 2.37. The van der Waals surface area contributed by atoms with Gasteiger partial charge in [0.15, 0.2) is 0 Å². The zero-order valence-electron chi connectivity index (χ0n) is 6.66. The second kappa shape index (κ2) is 2.38. The van der Waals surface area contributed by atoms with E-state index < -0.39 is 23.4 Å². The fourth-order valence-corrected chi connectivity index (χ4v) is 1.45. The van der Waals surface area contributed by atoms with E-state index in [4.69, 9.17) is 0 Å². The van der Waals surface area contributed by atoms with Gasteiger partial charge in [0.25, 0.3) is 11.8 Å². The Bertz CT molecular complexity index is 314. The van der Waals surface area contributed by atoms with Crippen molar-refractivity contribution in [3.05, 3.63) is 0 Å². The van der Waals surface area contributed by atoms with E-state index in [1.54, 1.807) is 0 Å². The summed E-state index contributed by atoms with van der Waals surface area (Å²) >= 11 is 0. The summed E-state index contributed by atoms with van der Waals surface area (Å²) in [5.74, 6) is -1.26. The average Bonchev–Trinajstić information content (AvgIpc) is 2.50. The van der Waals surface area contributed by atoms with Gasteiger partial charge in [-0.3, -0.25) is 25.2 Å². The molecule has 2 N–H and O–H groups in total. The summed E-state index contributed by atoms with van der Waals surface area (Å²) in [4.78, 5) is 37.2. The van der Waals surface area contributed by atoms with Crippen molar-refractivity contribution >= 4 is 24.1 Å². The van der Waals surface area contributed by atoms with Crippen LogP contribution in [-0.2, 0) is 9.59 Å². The van der Waals surface area contributed by atoms with Gasteiger partial charge in [0, 0.05) is 6.21 Å². The highest BCUT2D eigenvalue weighted by Gasteiger charge is 2.51. The molecule has 1 spiro atoms. The summed E-state index contributed by atoms with van der Waals surface area (Å²) in [6.45, 7) is 0. The van der Waals surface area contributed by atoms with Crippen molar-refractivity contribution in [2.45, 2.75) is 18.4 Å². The first-order chi connectivity index (χ1) is 6.15. The first-order valence-electron chi connectivity index (χ1n) is 3.86. The van der Waals surface area contributed by atoms with Gasteiger partial charge in [-0.05, 0) is 12.8 Å². The van der Waals surface area contributed by atoms with Crippen LogP contribution in [0.5, 0.6) is 0 Å². The fourth-order valence-electron chi connectivity index (χ4n) is 1.45. The molecule has 2 rings (SSSR count). The summed E-state index contributed by atoms with van der Waals surface area (Å²) in [6, 6.07) is -0.775. The third-order valence-corrected chi connectivity index (χ3v) is 2.15. The minimum Gasteiger partial charge on any atom is -0.275 e. The van der Waals surface area contributed by atoms with E-state index in [9.17, 15) is 14.4 Å². The van der Waals surface area contributed by atoms with Crippen LogP contribution in [0.25, 0.3) is 0 Å². The first-order valence-corrected chi connectivity index (χ1v) is 3.86. The van der Waals surface area contributed by atoms with Crippen LogP contribution in [-0.4, -0.2) is 29.6 Å². The van der Waals surface area contributed by atoms with Gasteiger partial charge < -0.3 is 0 Å². The molecular formula is C7H7N3O3. The molecule has 0 atom stereocenters. The summed E-state index contributed by atoms with van der Waals surface area (Å²) in [5.41, 5.74) is -1.38. The van der Waals surface area contributed by atoms with Gasteiger partial charge in [-0.15, -0.1) is 0 Å². The number of carbonyl (C=O) groups is 3. The van der Waals surface area contributed by atoms with Gasteiger partial charge in [0.2, 0.25) is 5.54 Å². The number of imide groups is 2. The van der Waals surface area contributed by atoms with Crippen molar-refractivity contribution in [1.29, 1.82) is 0 Å². The number of barbiturate groups is 1. The summed E-state index contributed by atoms with van der Waals surface area (Å²) in [5, 5.41) is 4.04. The number of nitrogens with zero attached hydrogens (tertiary/aromatic N) is 1. The Labute approximate surface area is 73.4 Å². The Morgan fingerprint density at radius 1 is 1.23 bits per heavy atom. The molecule has 1 saturated heterocycles. The maximum atomic E-state index is 11.3. The fraction of sp³-hybridized carbons (Fsp3) is 0.429. The molecule has 4 amide bonds. The van der Waals surface area contributed by atoms with E-state index in [-0.39, 0.29) is 0 Å². The van der Waals surface area contributed by atoms with Crippen LogP contribution in [0.2, 0.25) is 0 Å². The number of nitrogens with one attached hydrogen (secondary N) is 2. The molecule has 0 aliphatic carbocycles. The van der Waals surface area contributed by atoms with Gasteiger partial charge >= 0.3 is 6.03 Å². The maximum Gasteiger partial charge on any atom is 0.328 e. The highest BCUT2D eigenvalue weighted by molar-refractivity contribution is 6.23. The number of urea groups is 1. The van der Waals surface area contributed by atoms with Crippen molar-refractivity contribution in [3.63, 3.8) is 0 Å². The molecule has 0 bridgehead atoms. The van der Waals surface area contributed by atoms with Crippen LogP contribution in [0.1, 0.15) is 12.8 Å². The molecule has 0 aromatic rings. The highest BCUT2D eigenvalue weighted by Crippen LogP contribution is 2.25. The number of hydrogen-bond acceptors (Lipinski definition) is 4. The van der Waals surface area contributed by atoms with E-state index in [2.05, 4.69) is 4.99 Å². The van der Waals surface area contributed by atoms with E-state index in [1.807, 2.05) is 10.6 Å². The number of carbonyl (C=O) groups excluding carboxylic acids is 3. The van der Waals surface area contributed by atoms with Crippen LogP contribution < -0.4 is 10.6 Å². The molecule has 0 aromatic carbocycles. The third-order valence-electron chi connectivity index (χ3n) is 2.15. The Hall–Kier alpha value is -1.72. The lowest BCUT2D eigenvalue weighted by molar-refractivity contribution is -0.137. The van der Waals surface area contributed by atoms with Gasteiger partial charge in [-0.1, -0.05) is 0 Å². The molecule has 68 valence electrons. The summed E-state index contributed by atoms with van der Waals surface area (Å²) in [6.07, 6.45) is 2.43. The average molecular weight is 181 g/mol. The second-order valence-corrected chi connectivity index (χ2v) is 2.95. The van der Waals surface area contributed by atoms with Crippen LogP contribution in [0.4, 0.5) is 4.79 Å². The molecule has 0 radical (unpaired) electrons. The molecule has 2 aliphatic rings. The molecule has 0 saturated carbocycles. The molecule has 13 heavy (non-hydrogen) atoms. The predicted octanol–water partition coefficient (Wildman–Crippen LogP) is -1.04. The summed E-state index contributed by atoms with van der Waals surface area (Å²) < 4.78 is 0. The molecule has 6 heteroatoms. The smallest absolute Gasteiger partial charge is 0.275 e. The molecular weight excluding hydrogens is 174 g/mol. The van der Waals surface area contributed by atoms with E-state index in [1.165, 1.54) is 6.21 Å².